The molecule has 2 rings (SSSR count). The number of aromatic hydroxyl groups is 1. The molecule has 1 saturated carbocycles. The van der Waals surface area contributed by atoms with E-state index in [4.69, 9.17) is 9.84 Å². The molecule has 0 aliphatic heterocycles. The molecule has 1 aliphatic rings. The zero-order chi connectivity index (χ0) is 17.9. The van der Waals surface area contributed by atoms with Crippen LogP contribution in [0.15, 0.2) is 12.1 Å². The van der Waals surface area contributed by atoms with Gasteiger partial charge in [-0.25, -0.2) is 13.6 Å². The number of rotatable bonds is 6. The molecule has 5 nitrogen and oxygen atoms in total. The Hall–Kier alpha value is -1.89. The Morgan fingerprint density at radius 2 is 1.92 bits per heavy atom. The Kier molecular flexibility index (Phi) is 5.64. The van der Waals surface area contributed by atoms with Crippen molar-refractivity contribution in [3.05, 3.63) is 29.3 Å². The lowest BCUT2D eigenvalue weighted by atomic mass is 10.1. The zero-order valence-corrected chi connectivity index (χ0v) is 14.2. The van der Waals surface area contributed by atoms with E-state index in [2.05, 4.69) is 10.6 Å². The monoisotopic (exact) mass is 342 g/mol. The summed E-state index contributed by atoms with van der Waals surface area (Å²) in [6.45, 7) is 5.99. The summed E-state index contributed by atoms with van der Waals surface area (Å²) >= 11 is 0. The summed E-state index contributed by atoms with van der Waals surface area (Å²) in [5.74, 6) is -2.51. The highest BCUT2D eigenvalue weighted by Crippen LogP contribution is 2.32. The number of halogens is 2. The fraction of sp³-hybridized carbons (Fsp3) is 0.588. The molecule has 0 heterocycles. The molecule has 0 radical (unpaired) electrons. The summed E-state index contributed by atoms with van der Waals surface area (Å²) in [6.07, 6.45) is 1.61. The predicted octanol–water partition coefficient (Wildman–Crippen LogP) is 3.06. The molecule has 1 unspecified atom stereocenters. The van der Waals surface area contributed by atoms with E-state index in [0.29, 0.717) is 18.0 Å². The maximum atomic E-state index is 13.4. The average molecular weight is 342 g/mol. The first-order valence-electron chi connectivity index (χ1n) is 8.03. The number of hydrogen-bond donors (Lipinski definition) is 3. The van der Waals surface area contributed by atoms with Crippen molar-refractivity contribution in [2.45, 2.75) is 51.8 Å². The van der Waals surface area contributed by atoms with Crippen molar-refractivity contribution >= 4 is 6.09 Å². The Morgan fingerprint density at radius 1 is 1.33 bits per heavy atom. The summed E-state index contributed by atoms with van der Waals surface area (Å²) in [6, 6.07) is 2.19. The van der Waals surface area contributed by atoms with Gasteiger partial charge in [0.1, 0.15) is 5.60 Å². The van der Waals surface area contributed by atoms with Gasteiger partial charge < -0.3 is 20.5 Å². The van der Waals surface area contributed by atoms with Crippen LogP contribution < -0.4 is 10.6 Å². The number of benzene rings is 1. The number of ether oxygens (including phenoxy) is 1. The first kappa shape index (κ1) is 18.4. The summed E-state index contributed by atoms with van der Waals surface area (Å²) in [7, 11) is 0. The molecule has 1 fully saturated rings. The number of hydrogen-bond acceptors (Lipinski definition) is 4. The molecule has 1 aromatic carbocycles. The molecule has 134 valence electrons. The predicted molar refractivity (Wildman–Crippen MR) is 85.6 cm³/mol. The van der Waals surface area contributed by atoms with Gasteiger partial charge in [-0.15, -0.1) is 0 Å². The van der Waals surface area contributed by atoms with Crippen LogP contribution in [0.4, 0.5) is 13.6 Å². The quantitative estimate of drug-likeness (QED) is 0.743. The molecule has 1 aromatic rings. The van der Waals surface area contributed by atoms with E-state index in [9.17, 15) is 13.6 Å². The van der Waals surface area contributed by atoms with Crippen LogP contribution in [0, 0.1) is 17.6 Å². The molecule has 7 heteroatoms. The van der Waals surface area contributed by atoms with Crippen LogP contribution in [0.1, 0.15) is 39.2 Å². The first-order valence-corrected chi connectivity index (χ1v) is 8.03. The van der Waals surface area contributed by atoms with Crippen molar-refractivity contribution in [2.75, 3.05) is 6.54 Å². The second-order valence-electron chi connectivity index (χ2n) is 7.12. The molecule has 1 atom stereocenters. The largest absolute Gasteiger partial charge is 0.503 e. The Bertz CT molecular complexity index is 575. The van der Waals surface area contributed by atoms with Crippen LogP contribution in [0.25, 0.3) is 0 Å². The highest BCUT2D eigenvalue weighted by atomic mass is 19.1. The van der Waals surface area contributed by atoms with E-state index >= 15 is 0 Å². The van der Waals surface area contributed by atoms with Crippen molar-refractivity contribution in [3.63, 3.8) is 0 Å². The van der Waals surface area contributed by atoms with E-state index in [-0.39, 0.29) is 12.6 Å². The molecule has 24 heavy (non-hydrogen) atoms. The van der Waals surface area contributed by atoms with Gasteiger partial charge in [-0.2, -0.15) is 0 Å². The third kappa shape index (κ3) is 5.63. The molecular weight excluding hydrogens is 318 g/mol. The number of phenols is 1. The topological polar surface area (TPSA) is 70.6 Å². The van der Waals surface area contributed by atoms with E-state index in [0.717, 1.165) is 25.0 Å². The van der Waals surface area contributed by atoms with Crippen molar-refractivity contribution in [1.29, 1.82) is 0 Å². The lowest BCUT2D eigenvalue weighted by Crippen LogP contribution is -2.43. The van der Waals surface area contributed by atoms with E-state index in [1.54, 1.807) is 20.8 Å². The maximum Gasteiger partial charge on any atom is 0.407 e. The number of carbonyl (C=O) groups excluding carboxylic acids is 1. The number of phenolic OH excluding ortho intramolecular Hbond substituents is 1. The van der Waals surface area contributed by atoms with Crippen molar-refractivity contribution in [2.24, 2.45) is 5.92 Å². The summed E-state index contributed by atoms with van der Waals surface area (Å²) in [5.41, 5.74) is -0.168. The molecule has 0 aromatic heterocycles. The van der Waals surface area contributed by atoms with Gasteiger partial charge in [-0.05, 0) is 57.2 Å². The SMILES string of the molecule is CC(C)(C)OC(=O)NCC(NCc1cc(F)c(O)c(F)c1)C1CC1. The van der Waals surface area contributed by atoms with E-state index in [1.807, 2.05) is 0 Å². The second kappa shape index (κ2) is 7.34. The standard InChI is InChI=1S/C17H24F2N2O3/c1-17(2,3)24-16(23)21-9-14(11-4-5-11)20-8-10-6-12(18)15(22)13(19)7-10/h6-7,11,14,20,22H,4-5,8-9H2,1-3H3,(H,21,23). The third-order valence-electron chi connectivity index (χ3n) is 3.70. The van der Waals surface area contributed by atoms with Crippen LogP contribution in [0.3, 0.4) is 0 Å². The van der Waals surface area contributed by atoms with Gasteiger partial charge >= 0.3 is 6.09 Å². The lowest BCUT2D eigenvalue weighted by molar-refractivity contribution is 0.0521. The van der Waals surface area contributed by atoms with Crippen LogP contribution in [0.5, 0.6) is 5.75 Å². The van der Waals surface area contributed by atoms with Crippen LogP contribution in [-0.2, 0) is 11.3 Å². The summed E-state index contributed by atoms with van der Waals surface area (Å²) in [4.78, 5) is 11.7. The fourth-order valence-corrected chi connectivity index (χ4v) is 2.38. The molecule has 0 spiro atoms. The first-order chi connectivity index (χ1) is 11.2. The Morgan fingerprint density at radius 3 is 2.42 bits per heavy atom. The lowest BCUT2D eigenvalue weighted by Gasteiger charge is -2.22. The van der Waals surface area contributed by atoms with Gasteiger partial charge in [0.15, 0.2) is 17.4 Å². The Balaban J connectivity index is 1.87. The molecule has 1 aliphatic carbocycles. The number of alkyl carbamates (subject to hydrolysis) is 1. The van der Waals surface area contributed by atoms with Gasteiger partial charge in [0, 0.05) is 19.1 Å². The van der Waals surface area contributed by atoms with Crippen molar-refractivity contribution in [3.8, 4) is 5.75 Å². The van der Waals surface area contributed by atoms with Crippen LogP contribution >= 0.6 is 0 Å². The van der Waals surface area contributed by atoms with Gasteiger partial charge in [0.2, 0.25) is 0 Å². The minimum absolute atomic E-state index is 0.00237. The third-order valence-corrected chi connectivity index (χ3v) is 3.70. The Labute approximate surface area is 140 Å². The van der Waals surface area contributed by atoms with Gasteiger partial charge in [-0.3, -0.25) is 0 Å². The van der Waals surface area contributed by atoms with Crippen molar-refractivity contribution in [1.82, 2.24) is 10.6 Å². The van der Waals surface area contributed by atoms with Crippen LogP contribution in [-0.4, -0.2) is 29.4 Å². The zero-order valence-electron chi connectivity index (χ0n) is 14.2. The molecule has 3 N–H and O–H groups in total. The second-order valence-corrected chi connectivity index (χ2v) is 7.12. The average Bonchev–Trinajstić information content (AvgIpc) is 3.27. The van der Waals surface area contributed by atoms with Crippen LogP contribution in [0.2, 0.25) is 0 Å². The minimum atomic E-state index is -0.985. The number of nitrogens with one attached hydrogen (secondary N) is 2. The fourth-order valence-electron chi connectivity index (χ4n) is 2.38. The smallest absolute Gasteiger partial charge is 0.407 e. The molecule has 0 saturated heterocycles. The normalized spacial score (nSPS) is 15.9. The molecule has 1 amide bonds. The molecular formula is C17H24F2N2O3. The van der Waals surface area contributed by atoms with E-state index < -0.39 is 29.1 Å². The van der Waals surface area contributed by atoms with Gasteiger partial charge in [0.05, 0.1) is 0 Å². The summed E-state index contributed by atoms with van der Waals surface area (Å²) in [5, 5.41) is 15.0. The van der Waals surface area contributed by atoms with Gasteiger partial charge in [-0.1, -0.05) is 0 Å². The van der Waals surface area contributed by atoms with Crippen molar-refractivity contribution < 1.29 is 23.4 Å². The number of amides is 1. The maximum absolute atomic E-state index is 13.4. The summed E-state index contributed by atoms with van der Waals surface area (Å²) < 4.78 is 31.9. The highest BCUT2D eigenvalue weighted by Gasteiger charge is 2.31. The van der Waals surface area contributed by atoms with Gasteiger partial charge in [0.25, 0.3) is 0 Å². The number of carbonyl (C=O) groups is 1. The molecule has 0 bridgehead atoms. The highest BCUT2D eigenvalue weighted by molar-refractivity contribution is 5.67. The minimum Gasteiger partial charge on any atom is -0.503 e. The van der Waals surface area contributed by atoms with E-state index in [1.165, 1.54) is 0 Å².